The van der Waals surface area contributed by atoms with Crippen molar-refractivity contribution in [3.05, 3.63) is 68.1 Å². The summed E-state index contributed by atoms with van der Waals surface area (Å²) in [6.45, 7) is 3.03. The van der Waals surface area contributed by atoms with Crippen molar-refractivity contribution in [3.63, 3.8) is 0 Å². The molecule has 0 radical (unpaired) electrons. The third-order valence-corrected chi connectivity index (χ3v) is 4.35. The second-order valence-electron chi connectivity index (χ2n) is 4.71. The Morgan fingerprint density at radius 2 is 1.80 bits per heavy atom. The minimum atomic E-state index is 0.314. The molecule has 0 heterocycles. The molecule has 0 saturated carbocycles. The van der Waals surface area contributed by atoms with Crippen molar-refractivity contribution in [2.24, 2.45) is 0 Å². The van der Waals surface area contributed by atoms with E-state index in [1.807, 2.05) is 12.1 Å². The van der Waals surface area contributed by atoms with Crippen LogP contribution in [0.25, 0.3) is 0 Å². The molecular weight excluding hydrogens is 357 g/mol. The lowest BCUT2D eigenvalue weighted by Gasteiger charge is -2.14. The molecule has 1 unspecified atom stereocenters. The van der Waals surface area contributed by atoms with E-state index in [-0.39, 0.29) is 0 Å². The minimum Gasteiger partial charge on any atom is -0.310 e. The lowest BCUT2D eigenvalue weighted by molar-refractivity contribution is 0.577. The van der Waals surface area contributed by atoms with E-state index in [2.05, 4.69) is 52.4 Å². The summed E-state index contributed by atoms with van der Waals surface area (Å²) in [5, 5.41) is 4.91. The fourth-order valence-electron chi connectivity index (χ4n) is 2.02. The van der Waals surface area contributed by atoms with E-state index in [4.69, 9.17) is 23.2 Å². The fraction of sp³-hybridized carbons (Fsp3) is 0.250. The predicted molar refractivity (Wildman–Crippen MR) is 90.7 cm³/mol. The zero-order valence-corrected chi connectivity index (χ0v) is 14.3. The number of halogens is 3. The molecule has 4 heteroatoms. The Bertz CT molecular complexity index is 569. The number of benzene rings is 2. The largest absolute Gasteiger partial charge is 0.310 e. The van der Waals surface area contributed by atoms with Crippen LogP contribution in [0.15, 0.2) is 46.9 Å². The highest BCUT2D eigenvalue weighted by molar-refractivity contribution is 9.10. The van der Waals surface area contributed by atoms with E-state index < -0.39 is 0 Å². The van der Waals surface area contributed by atoms with E-state index in [1.54, 1.807) is 6.07 Å². The Morgan fingerprint density at radius 3 is 2.45 bits per heavy atom. The van der Waals surface area contributed by atoms with Gasteiger partial charge in [-0.1, -0.05) is 57.3 Å². The van der Waals surface area contributed by atoms with Crippen LogP contribution in [0.5, 0.6) is 0 Å². The van der Waals surface area contributed by atoms with Gasteiger partial charge < -0.3 is 5.32 Å². The standard InChI is InChI=1S/C16H16BrCl2N/c1-11(12-2-5-14(17)6-3-12)20-9-8-13-4-7-15(18)10-16(13)19/h2-7,10-11,20H,8-9H2,1H3. The van der Waals surface area contributed by atoms with Gasteiger partial charge in [0.1, 0.15) is 0 Å². The monoisotopic (exact) mass is 371 g/mol. The van der Waals surface area contributed by atoms with Crippen molar-refractivity contribution in [1.29, 1.82) is 0 Å². The lowest BCUT2D eigenvalue weighted by Crippen LogP contribution is -2.21. The predicted octanol–water partition coefficient (Wildman–Crippen LogP) is 5.65. The summed E-state index contributed by atoms with van der Waals surface area (Å²) in [6, 6.07) is 14.3. The molecule has 106 valence electrons. The summed E-state index contributed by atoms with van der Waals surface area (Å²) in [6.07, 6.45) is 0.886. The van der Waals surface area contributed by atoms with Gasteiger partial charge in [-0.05, 0) is 55.3 Å². The quantitative estimate of drug-likeness (QED) is 0.714. The van der Waals surface area contributed by atoms with Gasteiger partial charge in [0.25, 0.3) is 0 Å². The third kappa shape index (κ3) is 4.49. The van der Waals surface area contributed by atoms with Gasteiger partial charge >= 0.3 is 0 Å². The van der Waals surface area contributed by atoms with E-state index in [0.29, 0.717) is 11.1 Å². The van der Waals surface area contributed by atoms with Crippen molar-refractivity contribution in [1.82, 2.24) is 5.32 Å². The molecule has 1 N–H and O–H groups in total. The van der Waals surface area contributed by atoms with Crippen LogP contribution < -0.4 is 5.32 Å². The molecule has 0 amide bonds. The molecule has 0 spiro atoms. The summed E-state index contributed by atoms with van der Waals surface area (Å²) in [5.74, 6) is 0. The Balaban J connectivity index is 1.87. The van der Waals surface area contributed by atoms with Crippen LogP contribution >= 0.6 is 39.1 Å². The van der Waals surface area contributed by atoms with Crippen molar-refractivity contribution in [2.75, 3.05) is 6.54 Å². The van der Waals surface area contributed by atoms with Crippen LogP contribution in [0.4, 0.5) is 0 Å². The SMILES string of the molecule is CC(NCCc1ccc(Cl)cc1Cl)c1ccc(Br)cc1. The summed E-state index contributed by atoms with van der Waals surface area (Å²) >= 11 is 15.5. The van der Waals surface area contributed by atoms with Gasteiger partial charge in [-0.3, -0.25) is 0 Å². The summed E-state index contributed by atoms with van der Waals surface area (Å²) in [5.41, 5.74) is 2.39. The molecule has 1 nitrogen and oxygen atoms in total. The normalized spacial score (nSPS) is 12.4. The van der Waals surface area contributed by atoms with Crippen LogP contribution in [0.1, 0.15) is 24.1 Å². The Hall–Kier alpha value is -0.540. The van der Waals surface area contributed by atoms with Gasteiger partial charge in [0.15, 0.2) is 0 Å². The van der Waals surface area contributed by atoms with Crippen molar-refractivity contribution >= 4 is 39.1 Å². The molecule has 0 saturated heterocycles. The highest BCUT2D eigenvalue weighted by Gasteiger charge is 2.05. The molecule has 0 aromatic heterocycles. The molecule has 2 rings (SSSR count). The highest BCUT2D eigenvalue weighted by Crippen LogP contribution is 2.21. The van der Waals surface area contributed by atoms with Gasteiger partial charge in [-0.25, -0.2) is 0 Å². The third-order valence-electron chi connectivity index (χ3n) is 3.23. The lowest BCUT2D eigenvalue weighted by atomic mass is 10.1. The van der Waals surface area contributed by atoms with Crippen molar-refractivity contribution < 1.29 is 0 Å². The maximum atomic E-state index is 6.16. The Kier molecular flexibility index (Phi) is 5.91. The molecule has 0 bridgehead atoms. The molecule has 0 fully saturated rings. The highest BCUT2D eigenvalue weighted by atomic mass is 79.9. The van der Waals surface area contributed by atoms with Gasteiger partial charge in [0.05, 0.1) is 0 Å². The summed E-state index contributed by atoms with van der Waals surface area (Å²) in [4.78, 5) is 0. The summed E-state index contributed by atoms with van der Waals surface area (Å²) < 4.78 is 1.10. The van der Waals surface area contributed by atoms with E-state index in [0.717, 1.165) is 28.0 Å². The second-order valence-corrected chi connectivity index (χ2v) is 6.47. The van der Waals surface area contributed by atoms with Gasteiger partial charge in [0, 0.05) is 20.6 Å². The Morgan fingerprint density at radius 1 is 1.10 bits per heavy atom. The molecule has 1 atom stereocenters. The van der Waals surface area contributed by atoms with E-state index >= 15 is 0 Å². The van der Waals surface area contributed by atoms with Crippen molar-refractivity contribution in [3.8, 4) is 0 Å². The summed E-state index contributed by atoms with van der Waals surface area (Å²) in [7, 11) is 0. The van der Waals surface area contributed by atoms with E-state index in [1.165, 1.54) is 5.56 Å². The fourth-order valence-corrected chi connectivity index (χ4v) is 2.78. The smallest absolute Gasteiger partial charge is 0.0453 e. The van der Waals surface area contributed by atoms with Gasteiger partial charge in [0.2, 0.25) is 0 Å². The van der Waals surface area contributed by atoms with Crippen molar-refractivity contribution in [2.45, 2.75) is 19.4 Å². The number of rotatable bonds is 5. The molecule has 20 heavy (non-hydrogen) atoms. The first-order chi connectivity index (χ1) is 9.56. The first kappa shape index (κ1) is 15.8. The molecular formula is C16H16BrCl2N. The maximum absolute atomic E-state index is 6.16. The number of hydrogen-bond donors (Lipinski definition) is 1. The van der Waals surface area contributed by atoms with Crippen LogP contribution in [0, 0.1) is 0 Å². The minimum absolute atomic E-state index is 0.314. The average Bonchev–Trinajstić information content (AvgIpc) is 2.42. The topological polar surface area (TPSA) is 12.0 Å². The van der Waals surface area contributed by atoms with E-state index in [9.17, 15) is 0 Å². The van der Waals surface area contributed by atoms with Crippen LogP contribution in [-0.2, 0) is 6.42 Å². The molecule has 0 aliphatic heterocycles. The molecule has 0 aliphatic rings. The Labute approximate surface area is 138 Å². The maximum Gasteiger partial charge on any atom is 0.0453 e. The zero-order valence-electron chi connectivity index (χ0n) is 11.2. The van der Waals surface area contributed by atoms with Gasteiger partial charge in [-0.15, -0.1) is 0 Å². The molecule has 2 aromatic carbocycles. The van der Waals surface area contributed by atoms with Gasteiger partial charge in [-0.2, -0.15) is 0 Å². The second kappa shape index (κ2) is 7.46. The first-order valence-corrected chi connectivity index (χ1v) is 8.04. The van der Waals surface area contributed by atoms with Crippen LogP contribution in [0.2, 0.25) is 10.0 Å². The number of nitrogens with one attached hydrogen (secondary N) is 1. The molecule has 2 aromatic rings. The number of hydrogen-bond acceptors (Lipinski definition) is 1. The van der Waals surface area contributed by atoms with Crippen LogP contribution in [0.3, 0.4) is 0 Å². The zero-order chi connectivity index (χ0) is 14.5. The van der Waals surface area contributed by atoms with Crippen LogP contribution in [-0.4, -0.2) is 6.54 Å². The molecule has 0 aliphatic carbocycles. The first-order valence-electron chi connectivity index (χ1n) is 6.49. The average molecular weight is 373 g/mol.